The molecular formula is C55H88ClFO18S4Si2. The molecule has 2 unspecified atom stereocenters. The van der Waals surface area contributed by atoms with Gasteiger partial charge in [-0.15, -0.1) is 0 Å². The van der Waals surface area contributed by atoms with Gasteiger partial charge in [0.2, 0.25) is 0 Å². The number of benzene rings is 4. The second kappa shape index (κ2) is 35.4. The second-order valence-corrected chi connectivity index (χ2v) is 40.0. The zero-order chi connectivity index (χ0) is 62.6. The van der Waals surface area contributed by atoms with Crippen LogP contribution in [0.3, 0.4) is 0 Å². The van der Waals surface area contributed by atoms with Gasteiger partial charge in [-0.2, -0.15) is 44.8 Å². The molecule has 81 heavy (non-hydrogen) atoms. The van der Waals surface area contributed by atoms with Gasteiger partial charge >= 0.3 is 0 Å². The van der Waals surface area contributed by atoms with E-state index < -0.39 is 75.5 Å². The maximum absolute atomic E-state index is 12.4. The summed E-state index contributed by atoms with van der Waals surface area (Å²) >= 11 is 6.15. The Balaban J connectivity index is 0.000000701. The SMILES string of the molecule is CC(C)(C)[Si](C)(C)Cl.Cc1ccc(S(=O)(=O)OCCOCC(CO)OCCOS(=O)(=O)c2ccc(C)cc2)cc1.Cc1ccc(S(=O)(=O)OCCOCC(CO[Si](C)(C)C(C)(C)C)OCCOS(=O)(=O)c2ccc(C)cc2)cc1.[2H]CF. The third-order valence-electron chi connectivity index (χ3n) is 12.6. The van der Waals surface area contributed by atoms with E-state index in [9.17, 15) is 43.2 Å². The van der Waals surface area contributed by atoms with Gasteiger partial charge in [-0.1, -0.05) is 125 Å². The first-order chi connectivity index (χ1) is 37.8. The van der Waals surface area contributed by atoms with E-state index in [1.807, 2.05) is 27.7 Å². The molecule has 462 valence electrons. The number of hydrogen-bond acceptors (Lipinski definition) is 18. The maximum Gasteiger partial charge on any atom is 0.297 e. The van der Waals surface area contributed by atoms with Crippen LogP contribution in [0.25, 0.3) is 0 Å². The van der Waals surface area contributed by atoms with Crippen LogP contribution in [0.4, 0.5) is 4.39 Å². The van der Waals surface area contributed by atoms with Gasteiger partial charge in [-0.05, 0) is 99.4 Å². The topological polar surface area (TPSA) is 240 Å². The zero-order valence-electron chi connectivity index (χ0n) is 50.4. The molecule has 1 N–H and O–H groups in total. The van der Waals surface area contributed by atoms with E-state index in [0.717, 1.165) is 22.3 Å². The predicted molar refractivity (Wildman–Crippen MR) is 319 cm³/mol. The molecule has 0 aliphatic carbocycles. The molecule has 0 radical (unpaired) electrons. The van der Waals surface area contributed by atoms with E-state index in [4.69, 9.17) is 52.6 Å². The molecule has 4 rings (SSSR count). The molecule has 4 aromatic carbocycles. The summed E-state index contributed by atoms with van der Waals surface area (Å²) in [6.45, 7) is 28.1. The van der Waals surface area contributed by atoms with E-state index in [2.05, 4.69) is 67.7 Å². The van der Waals surface area contributed by atoms with Crippen LogP contribution in [0.15, 0.2) is 117 Å². The Hall–Kier alpha value is -3.07. The minimum absolute atomic E-state index is 0.00170. The van der Waals surface area contributed by atoms with Crippen LogP contribution in [0.2, 0.25) is 36.3 Å². The first-order valence-electron chi connectivity index (χ1n) is 26.6. The number of aliphatic hydroxyl groups is 1. The molecule has 0 aromatic heterocycles. The van der Waals surface area contributed by atoms with Gasteiger partial charge in [0.05, 0.1) is 107 Å². The van der Waals surface area contributed by atoms with Crippen molar-refractivity contribution in [1.82, 2.24) is 0 Å². The molecule has 0 bridgehead atoms. The van der Waals surface area contributed by atoms with Crippen molar-refractivity contribution in [2.24, 2.45) is 0 Å². The minimum atomic E-state index is -3.90. The highest BCUT2D eigenvalue weighted by molar-refractivity contribution is 7.87. The Kier molecular flexibility index (Phi) is 32.4. The van der Waals surface area contributed by atoms with Crippen LogP contribution in [0.5, 0.6) is 0 Å². The quantitative estimate of drug-likeness (QED) is 0.0221. The van der Waals surface area contributed by atoms with Crippen molar-refractivity contribution in [1.29, 1.82) is 0 Å². The average molecular weight is 1280 g/mol. The Morgan fingerprint density at radius 2 is 0.716 bits per heavy atom. The van der Waals surface area contributed by atoms with Gasteiger partial charge in [-0.25, -0.2) is 0 Å². The van der Waals surface area contributed by atoms with Crippen molar-refractivity contribution < 1.29 is 84.6 Å². The molecule has 18 nitrogen and oxygen atoms in total. The Bertz CT molecular complexity index is 2880. The lowest BCUT2D eigenvalue weighted by atomic mass is 10.2. The van der Waals surface area contributed by atoms with Crippen molar-refractivity contribution in [3.05, 3.63) is 119 Å². The maximum atomic E-state index is 12.4. The van der Waals surface area contributed by atoms with Crippen LogP contribution in [0.1, 0.15) is 65.2 Å². The number of aryl methyl sites for hydroxylation is 4. The van der Waals surface area contributed by atoms with Crippen LogP contribution in [-0.2, 0) is 80.6 Å². The lowest BCUT2D eigenvalue weighted by molar-refractivity contribution is -0.0518. The molecule has 0 aliphatic rings. The van der Waals surface area contributed by atoms with Gasteiger partial charge in [0.25, 0.3) is 40.5 Å². The lowest BCUT2D eigenvalue weighted by Crippen LogP contribution is -2.43. The van der Waals surface area contributed by atoms with Crippen LogP contribution in [0, 0.1) is 27.7 Å². The standard InChI is InChI=1S/C27H42O9S2Si.C21H28O9S2.C6H15ClSi.CH3F/c1-22-8-12-25(13-9-22)37(28,29)34-18-16-32-20-24(21-36-39(6,7)27(3,4)5)33-17-19-35-38(30,31)26-14-10-23(2)11-15-26;1-17-3-7-20(8-4-17)31(23,24)29-13-11-27-16-19(15-22)28-12-14-30-32(25,26)21-9-5-18(2)6-10-21;1-6(2,3)8(4,5)7;1-2/h8-15,24H,16-21H2,1-7H3;3-10,19,22H,11-16H2,1-2H3;1-5H3;1H3/i;;;1D. The molecule has 0 spiro atoms. The third-order valence-corrected chi connectivity index (χ3v) is 27.6. The molecule has 0 heterocycles. The molecule has 0 fully saturated rings. The number of rotatable bonds is 30. The summed E-state index contributed by atoms with van der Waals surface area (Å²) in [7, 11) is -20.0. The van der Waals surface area contributed by atoms with Gasteiger partial charge in [0.1, 0.15) is 12.2 Å². The number of hydrogen-bond donors (Lipinski definition) is 1. The van der Waals surface area contributed by atoms with Crippen LogP contribution in [-0.4, -0.2) is 153 Å². The van der Waals surface area contributed by atoms with E-state index in [-0.39, 0.29) is 104 Å². The highest BCUT2D eigenvalue weighted by atomic mass is 35.6. The van der Waals surface area contributed by atoms with E-state index in [1.54, 1.807) is 48.5 Å². The molecule has 26 heteroatoms. The largest absolute Gasteiger partial charge is 0.414 e. The molecule has 4 aromatic rings. The molecular weight excluding hydrogens is 1190 g/mol. The summed E-state index contributed by atoms with van der Waals surface area (Å²) in [4.78, 5) is 0.262. The number of ether oxygens (including phenoxy) is 4. The van der Waals surface area contributed by atoms with Crippen LogP contribution >= 0.6 is 11.1 Å². The van der Waals surface area contributed by atoms with Crippen molar-refractivity contribution in [3.63, 3.8) is 0 Å². The van der Waals surface area contributed by atoms with Gasteiger partial charge in [0, 0.05) is 0 Å². The average Bonchev–Trinajstić information content (AvgIpc) is 3.37. The molecule has 2 atom stereocenters. The fraction of sp³-hybridized carbons (Fsp3) is 0.564. The van der Waals surface area contributed by atoms with Crippen molar-refractivity contribution >= 4 is 67.3 Å². The van der Waals surface area contributed by atoms with Crippen molar-refractivity contribution in [3.8, 4) is 0 Å². The molecule has 0 saturated heterocycles. The second-order valence-electron chi connectivity index (χ2n) is 21.5. The van der Waals surface area contributed by atoms with Crippen molar-refractivity contribution in [2.45, 2.75) is 137 Å². The molecule has 0 aliphatic heterocycles. The highest BCUT2D eigenvalue weighted by Gasteiger charge is 2.38. The van der Waals surface area contributed by atoms with E-state index in [0.29, 0.717) is 5.04 Å². The van der Waals surface area contributed by atoms with Gasteiger partial charge in [-0.3, -0.25) is 21.1 Å². The highest BCUT2D eigenvalue weighted by Crippen LogP contribution is 2.38. The van der Waals surface area contributed by atoms with Crippen LogP contribution < -0.4 is 0 Å². The first-order valence-corrected chi connectivity index (χ1v) is 38.4. The minimum Gasteiger partial charge on any atom is -0.414 e. The summed E-state index contributed by atoms with van der Waals surface area (Å²) in [5.74, 6) is 0. The smallest absolute Gasteiger partial charge is 0.297 e. The zero-order valence-corrected chi connectivity index (χ0v) is 55.4. The predicted octanol–water partition coefficient (Wildman–Crippen LogP) is 10.5. The summed E-state index contributed by atoms with van der Waals surface area (Å²) in [5.41, 5.74) is 3.75. The molecule has 0 amide bonds. The summed E-state index contributed by atoms with van der Waals surface area (Å²) in [6, 6.07) is 25.3. The third kappa shape index (κ3) is 29.5. The fourth-order valence-electron chi connectivity index (χ4n) is 5.46. The summed E-state index contributed by atoms with van der Waals surface area (Å²) in [5, 5.41) is 9.68. The lowest BCUT2D eigenvalue weighted by Gasteiger charge is -2.37. The monoisotopic (exact) mass is 1280 g/mol. The van der Waals surface area contributed by atoms with Gasteiger partial charge in [0.15, 0.2) is 15.7 Å². The van der Waals surface area contributed by atoms with Gasteiger partial charge < -0.3 is 28.5 Å². The van der Waals surface area contributed by atoms with Crippen molar-refractivity contribution in [2.75, 3.05) is 86.4 Å². The first kappa shape index (κ1) is 74.0. The Morgan fingerprint density at radius 1 is 0.469 bits per heavy atom. The van der Waals surface area contributed by atoms with E-state index >= 15 is 0 Å². The Morgan fingerprint density at radius 3 is 0.963 bits per heavy atom. The summed E-state index contributed by atoms with van der Waals surface area (Å²) in [6.07, 6.45) is -1.24. The number of aliphatic hydroxyl groups excluding tert-OH is 1. The summed E-state index contributed by atoms with van der Waals surface area (Å²) < 4.78 is 162. The molecule has 0 saturated carbocycles. The number of halogens is 2. The number of alkyl halides is 1. The normalized spacial score (nSPS) is 13.6. The fourth-order valence-corrected chi connectivity index (χ4v) is 10.1. The Labute approximate surface area is 492 Å². The van der Waals surface area contributed by atoms with E-state index in [1.165, 1.54) is 48.5 Å².